The van der Waals surface area contributed by atoms with E-state index in [2.05, 4.69) is 0 Å². The number of aromatic nitrogens is 2. The summed E-state index contributed by atoms with van der Waals surface area (Å²) in [6.07, 6.45) is 0.866. The minimum absolute atomic E-state index is 0.0223. The lowest BCUT2D eigenvalue weighted by Gasteiger charge is -2.44. The lowest BCUT2D eigenvalue weighted by Crippen LogP contribution is -2.39. The Labute approximate surface area is 267 Å². The highest BCUT2D eigenvalue weighted by Crippen LogP contribution is 2.55. The number of methoxy groups -OCH3 is 2. The van der Waals surface area contributed by atoms with Gasteiger partial charge in [0.15, 0.2) is 17.3 Å². The largest absolute Gasteiger partial charge is 0.493 e. The molecular weight excluding hydrogens is 611 g/mol. The van der Waals surface area contributed by atoms with Crippen molar-refractivity contribution in [3.8, 4) is 17.2 Å². The van der Waals surface area contributed by atoms with Crippen LogP contribution in [0, 0.1) is 10.2 Å². The third-order valence-electron chi connectivity index (χ3n) is 8.28. The third-order valence-corrected chi connectivity index (χ3v) is 9.49. The number of Topliss-reactive ketones (excluding diaryl/α,β-unsaturated/α-hetero) is 1. The van der Waals surface area contributed by atoms with Crippen LogP contribution in [0.1, 0.15) is 43.7 Å². The molecule has 2 aliphatic rings. The van der Waals surface area contributed by atoms with Crippen LogP contribution in [0.25, 0.3) is 5.69 Å². The molecule has 0 fully saturated rings. The summed E-state index contributed by atoms with van der Waals surface area (Å²) >= 11 is 5.85. The Morgan fingerprint density at radius 1 is 0.933 bits per heavy atom. The predicted molar refractivity (Wildman–Crippen MR) is 175 cm³/mol. The highest BCUT2D eigenvalue weighted by molar-refractivity contribution is 7.89. The molecule has 0 saturated carbocycles. The number of hydrogen-bond donors (Lipinski definition) is 2. The van der Waals surface area contributed by atoms with Crippen LogP contribution in [0.15, 0.2) is 89.0 Å². The van der Waals surface area contributed by atoms with Gasteiger partial charge < -0.3 is 15.2 Å². The van der Waals surface area contributed by atoms with E-state index in [0.29, 0.717) is 52.8 Å². The number of allylic oxidation sites excluding steroid dienone is 2. The Bertz CT molecular complexity index is 2040. The van der Waals surface area contributed by atoms with Gasteiger partial charge in [0.05, 0.1) is 19.1 Å². The lowest BCUT2D eigenvalue weighted by molar-refractivity contribution is -0.118. The number of carbonyl (C=O) groups excluding carboxylic acids is 1. The number of ether oxygens (including phenoxy) is 2. The molecule has 0 radical (unpaired) electrons. The molecule has 45 heavy (non-hydrogen) atoms. The molecule has 0 saturated heterocycles. The van der Waals surface area contributed by atoms with Crippen LogP contribution in [-0.2, 0) is 14.8 Å². The van der Waals surface area contributed by atoms with Crippen molar-refractivity contribution >= 4 is 45.3 Å². The summed E-state index contributed by atoms with van der Waals surface area (Å²) in [5, 5.41) is 5.40. The van der Waals surface area contributed by atoms with E-state index in [1.165, 1.54) is 12.1 Å². The van der Waals surface area contributed by atoms with Crippen LogP contribution in [0.2, 0.25) is 0 Å². The molecule has 0 spiro atoms. The number of hydrogen-bond acceptors (Lipinski definition) is 9. The Kier molecular flexibility index (Phi) is 7.54. The Balaban J connectivity index is 1.72. The maximum absolute atomic E-state index is 14.3. The molecule has 1 atom stereocenters. The van der Waals surface area contributed by atoms with Crippen molar-refractivity contribution in [2.24, 2.45) is 10.6 Å². The maximum atomic E-state index is 14.3. The van der Waals surface area contributed by atoms with Crippen LogP contribution in [0.4, 0.5) is 17.3 Å². The van der Waals surface area contributed by atoms with Crippen LogP contribution >= 0.6 is 12.2 Å². The van der Waals surface area contributed by atoms with Crippen molar-refractivity contribution in [2.45, 2.75) is 37.5 Å². The Hall–Kier alpha value is -4.52. The van der Waals surface area contributed by atoms with E-state index in [0.717, 1.165) is 16.9 Å². The first kappa shape index (κ1) is 30.5. The van der Waals surface area contributed by atoms with Crippen molar-refractivity contribution in [1.82, 2.24) is 9.55 Å². The summed E-state index contributed by atoms with van der Waals surface area (Å²) in [5.74, 6) is 1.20. The lowest BCUT2D eigenvalue weighted by atomic mass is 9.68. The molecule has 4 N–H and O–H groups in total. The Morgan fingerprint density at radius 3 is 2.22 bits per heavy atom. The minimum atomic E-state index is -3.93. The average Bonchev–Trinajstić information content (AvgIpc) is 2.99. The fourth-order valence-corrected chi connectivity index (χ4v) is 7.15. The van der Waals surface area contributed by atoms with Crippen molar-refractivity contribution in [1.29, 1.82) is 0 Å². The minimum Gasteiger partial charge on any atom is -0.493 e. The van der Waals surface area contributed by atoms with Crippen LogP contribution < -0.4 is 25.2 Å². The van der Waals surface area contributed by atoms with Crippen LogP contribution in [-0.4, -0.2) is 38.0 Å². The first-order chi connectivity index (χ1) is 21.3. The summed E-state index contributed by atoms with van der Waals surface area (Å²) in [5.41, 5.74) is 10.7. The SMILES string of the molecule is COc1ccc(C2C3=C(CC(C)(C)CC3=O)N(c3ccc(S(N)(=O)=O)cc3)c3nc(=S)n(-c4ccccc4)c(N)c32)cc1OC. The number of ketones is 1. The summed E-state index contributed by atoms with van der Waals surface area (Å²) in [6.45, 7) is 4.10. The molecule has 2 heterocycles. The van der Waals surface area contributed by atoms with E-state index in [-0.39, 0.29) is 20.9 Å². The maximum Gasteiger partial charge on any atom is 0.238 e. The first-order valence-corrected chi connectivity index (χ1v) is 16.2. The van der Waals surface area contributed by atoms with Gasteiger partial charge in [-0.25, -0.2) is 18.5 Å². The number of sulfonamides is 1. The number of nitrogens with zero attached hydrogens (tertiary/aromatic N) is 3. The van der Waals surface area contributed by atoms with Gasteiger partial charge >= 0.3 is 0 Å². The average molecular weight is 644 g/mol. The molecule has 1 aromatic heterocycles. The number of fused-ring (bicyclic) bond motifs is 1. The van der Waals surface area contributed by atoms with E-state index in [9.17, 15) is 13.2 Å². The summed E-state index contributed by atoms with van der Waals surface area (Å²) in [7, 11) is -0.805. The van der Waals surface area contributed by atoms with Crippen molar-refractivity contribution in [3.63, 3.8) is 0 Å². The number of nitrogen functional groups attached to an aromatic ring is 1. The zero-order valence-corrected chi connectivity index (χ0v) is 26.9. The van der Waals surface area contributed by atoms with Gasteiger partial charge in [0, 0.05) is 40.5 Å². The number of benzene rings is 3. The van der Waals surface area contributed by atoms with Gasteiger partial charge in [-0.15, -0.1) is 0 Å². The van der Waals surface area contributed by atoms with E-state index in [1.54, 1.807) is 37.0 Å². The number of para-hydroxylation sites is 1. The molecule has 3 aromatic carbocycles. The zero-order chi connectivity index (χ0) is 32.3. The third kappa shape index (κ3) is 5.28. The van der Waals surface area contributed by atoms with Gasteiger partial charge in [-0.1, -0.05) is 38.1 Å². The second kappa shape index (κ2) is 11.1. The highest BCUT2D eigenvalue weighted by atomic mass is 32.2. The molecule has 6 rings (SSSR count). The van der Waals surface area contributed by atoms with E-state index < -0.39 is 15.9 Å². The van der Waals surface area contributed by atoms with Crippen molar-refractivity contribution in [3.05, 3.63) is 100.0 Å². The number of primary sulfonamides is 1. The highest BCUT2D eigenvalue weighted by Gasteiger charge is 2.46. The second-order valence-electron chi connectivity index (χ2n) is 11.9. The number of rotatable bonds is 6. The van der Waals surface area contributed by atoms with Crippen LogP contribution in [0.3, 0.4) is 0 Å². The van der Waals surface area contributed by atoms with Crippen molar-refractivity contribution < 1.29 is 22.7 Å². The van der Waals surface area contributed by atoms with Gasteiger partial charge in [0.2, 0.25) is 14.8 Å². The first-order valence-electron chi connectivity index (χ1n) is 14.2. The normalized spacial score (nSPS) is 17.5. The fraction of sp³-hybridized carbons (Fsp3) is 0.242. The molecule has 1 aliphatic carbocycles. The van der Waals surface area contributed by atoms with E-state index in [1.807, 2.05) is 61.2 Å². The molecule has 1 unspecified atom stereocenters. The van der Waals surface area contributed by atoms with Crippen molar-refractivity contribution in [2.75, 3.05) is 24.9 Å². The molecule has 10 nitrogen and oxygen atoms in total. The molecule has 12 heteroatoms. The van der Waals surface area contributed by atoms with Gasteiger partial charge in [-0.2, -0.15) is 0 Å². The summed E-state index contributed by atoms with van der Waals surface area (Å²) in [6, 6.07) is 21.2. The van der Waals surface area contributed by atoms with E-state index in [4.69, 9.17) is 37.5 Å². The molecule has 0 amide bonds. The topological polar surface area (TPSA) is 143 Å². The fourth-order valence-electron chi connectivity index (χ4n) is 6.34. The van der Waals surface area contributed by atoms with Gasteiger partial charge in [-0.3, -0.25) is 14.3 Å². The quantitative estimate of drug-likeness (QED) is 0.250. The number of nitrogens with two attached hydrogens (primary N) is 2. The standard InChI is InChI=1S/C33H33N5O5S2/c1-33(2)17-23-28(24(39)18-33)27(19-10-15-25(42-3)26(16-19)43-4)29-30(34)38(20-8-6-5-7-9-20)32(44)36-31(29)37(23)21-11-13-22(14-12-21)45(35,40)41/h5-16,27H,17-18,34H2,1-4H3,(H2,35,40,41). The molecule has 4 aromatic rings. The monoisotopic (exact) mass is 643 g/mol. The number of anilines is 3. The van der Waals surface area contributed by atoms with Gasteiger partial charge in [-0.05, 0) is 78.1 Å². The second-order valence-corrected chi connectivity index (χ2v) is 13.8. The number of carbonyl (C=O) groups is 1. The smallest absolute Gasteiger partial charge is 0.238 e. The van der Waals surface area contributed by atoms with Gasteiger partial charge in [0.1, 0.15) is 11.6 Å². The zero-order valence-electron chi connectivity index (χ0n) is 25.3. The molecule has 0 bridgehead atoms. The van der Waals surface area contributed by atoms with E-state index >= 15 is 0 Å². The molecule has 232 valence electrons. The predicted octanol–water partition coefficient (Wildman–Crippen LogP) is 5.78. The summed E-state index contributed by atoms with van der Waals surface area (Å²) in [4.78, 5) is 21.1. The molecular formula is C33H33N5O5S2. The Morgan fingerprint density at radius 2 is 1.60 bits per heavy atom. The molecule has 1 aliphatic heterocycles. The summed E-state index contributed by atoms with van der Waals surface area (Å²) < 4.78 is 37.3. The van der Waals surface area contributed by atoms with Gasteiger partial charge in [0.25, 0.3) is 0 Å². The van der Waals surface area contributed by atoms with Crippen LogP contribution in [0.5, 0.6) is 11.5 Å².